The Morgan fingerprint density at radius 1 is 1.41 bits per heavy atom. The van der Waals surface area contributed by atoms with Crippen LogP contribution in [0.1, 0.15) is 24.1 Å². The van der Waals surface area contributed by atoms with Crippen molar-refractivity contribution in [3.05, 3.63) is 75.2 Å². The van der Waals surface area contributed by atoms with Gasteiger partial charge in [0, 0.05) is 6.20 Å². The molecule has 0 aliphatic carbocycles. The Morgan fingerprint density at radius 3 is 2.93 bits per heavy atom. The lowest BCUT2D eigenvalue weighted by Gasteiger charge is -2.17. The lowest BCUT2D eigenvalue weighted by molar-refractivity contribution is 0.116. The number of aromatic hydroxyl groups is 1. The molecule has 0 spiro atoms. The lowest BCUT2D eigenvalue weighted by atomic mass is 9.95. The number of halogens is 1. The SMILES string of the molecule is C=C(CO)C1=CCOC1CC/C(=C/c1cc(I)c(O)c(OC)c1)c1ccccn1. The highest BCUT2D eigenvalue weighted by molar-refractivity contribution is 14.1. The first kappa shape index (κ1) is 21.5. The second kappa shape index (κ2) is 10.0. The predicted octanol–water partition coefficient (Wildman–Crippen LogP) is 4.59. The molecule has 0 saturated heterocycles. The number of phenols is 1. The number of allylic oxidation sites excluding steroid dienone is 1. The highest BCUT2D eigenvalue weighted by Crippen LogP contribution is 2.35. The van der Waals surface area contributed by atoms with Gasteiger partial charge in [0.15, 0.2) is 11.5 Å². The smallest absolute Gasteiger partial charge is 0.171 e. The fourth-order valence-electron chi connectivity index (χ4n) is 3.32. The average Bonchev–Trinajstić information content (AvgIpc) is 3.22. The van der Waals surface area contributed by atoms with Crippen LogP contribution in [0.2, 0.25) is 0 Å². The number of aromatic nitrogens is 1. The van der Waals surface area contributed by atoms with Crippen molar-refractivity contribution in [1.29, 1.82) is 0 Å². The van der Waals surface area contributed by atoms with Gasteiger partial charge >= 0.3 is 0 Å². The maximum absolute atomic E-state index is 10.1. The molecule has 1 aromatic carbocycles. The Kier molecular flexibility index (Phi) is 7.46. The molecule has 5 nitrogen and oxygen atoms in total. The van der Waals surface area contributed by atoms with Crippen LogP contribution >= 0.6 is 22.6 Å². The van der Waals surface area contributed by atoms with Crippen molar-refractivity contribution in [2.45, 2.75) is 18.9 Å². The second-order valence-electron chi connectivity index (χ2n) is 6.72. The van der Waals surface area contributed by atoms with Crippen molar-refractivity contribution in [3.63, 3.8) is 0 Å². The molecule has 0 saturated carbocycles. The van der Waals surface area contributed by atoms with E-state index in [4.69, 9.17) is 9.47 Å². The molecule has 0 fully saturated rings. The summed E-state index contributed by atoms with van der Waals surface area (Å²) in [6.45, 7) is 4.40. The van der Waals surface area contributed by atoms with E-state index in [1.165, 1.54) is 7.11 Å². The van der Waals surface area contributed by atoms with E-state index in [0.717, 1.165) is 38.8 Å². The number of hydrogen-bond acceptors (Lipinski definition) is 5. The maximum atomic E-state index is 10.1. The summed E-state index contributed by atoms with van der Waals surface area (Å²) in [6, 6.07) is 9.55. The summed E-state index contributed by atoms with van der Waals surface area (Å²) < 4.78 is 11.8. The monoisotopic (exact) mass is 505 g/mol. The van der Waals surface area contributed by atoms with Gasteiger partial charge in [-0.3, -0.25) is 4.98 Å². The van der Waals surface area contributed by atoms with Crippen molar-refractivity contribution in [2.75, 3.05) is 20.3 Å². The van der Waals surface area contributed by atoms with Gasteiger partial charge in [0.25, 0.3) is 0 Å². The van der Waals surface area contributed by atoms with Gasteiger partial charge in [-0.25, -0.2) is 0 Å². The quantitative estimate of drug-likeness (QED) is 0.514. The van der Waals surface area contributed by atoms with Gasteiger partial charge in [-0.2, -0.15) is 0 Å². The summed E-state index contributed by atoms with van der Waals surface area (Å²) in [5, 5.41) is 19.5. The summed E-state index contributed by atoms with van der Waals surface area (Å²) >= 11 is 2.09. The number of methoxy groups -OCH3 is 1. The molecule has 0 bridgehead atoms. The van der Waals surface area contributed by atoms with Gasteiger partial charge in [0.1, 0.15) is 0 Å². The molecular formula is C23H24INO4. The Hall–Kier alpha value is -2.16. The highest BCUT2D eigenvalue weighted by atomic mass is 127. The van der Waals surface area contributed by atoms with Crippen molar-refractivity contribution in [1.82, 2.24) is 4.98 Å². The fraction of sp³-hybridized carbons (Fsp3) is 0.261. The second-order valence-corrected chi connectivity index (χ2v) is 7.88. The molecule has 0 radical (unpaired) electrons. The third-order valence-corrected chi connectivity index (χ3v) is 5.65. The number of ether oxygens (including phenoxy) is 2. The van der Waals surface area contributed by atoms with Crippen LogP contribution in [-0.2, 0) is 4.74 Å². The molecule has 3 rings (SSSR count). The van der Waals surface area contributed by atoms with Crippen LogP contribution in [0.15, 0.2) is 60.3 Å². The van der Waals surface area contributed by atoms with Crippen molar-refractivity contribution >= 4 is 34.2 Å². The Labute approximate surface area is 184 Å². The molecule has 152 valence electrons. The van der Waals surface area contributed by atoms with E-state index in [1.807, 2.05) is 36.4 Å². The van der Waals surface area contributed by atoms with Crippen LogP contribution in [0.4, 0.5) is 0 Å². The Morgan fingerprint density at radius 2 is 2.24 bits per heavy atom. The van der Waals surface area contributed by atoms with E-state index in [2.05, 4.69) is 40.2 Å². The number of rotatable bonds is 8. The number of aliphatic hydroxyl groups is 1. The Bertz CT molecular complexity index is 937. The standard InChI is InChI=1S/C23H24INO4/c1-15(14-26)18-8-10-29-21(18)7-6-17(20-5-3-4-9-25-20)11-16-12-19(24)23(27)22(13-16)28-2/h3-5,8-9,11-13,21,26-27H,1,6-7,10,14H2,2H3/b17-11-. The fourth-order valence-corrected chi connectivity index (χ4v) is 3.95. The minimum Gasteiger partial charge on any atom is -0.504 e. The molecule has 2 heterocycles. The molecule has 1 aliphatic rings. The largest absolute Gasteiger partial charge is 0.504 e. The molecule has 1 aromatic heterocycles. The molecular weight excluding hydrogens is 481 g/mol. The first-order valence-corrected chi connectivity index (χ1v) is 10.4. The number of phenolic OH excluding ortho intramolecular Hbond substituents is 1. The van der Waals surface area contributed by atoms with E-state index in [-0.39, 0.29) is 18.5 Å². The van der Waals surface area contributed by atoms with Crippen molar-refractivity contribution < 1.29 is 19.7 Å². The van der Waals surface area contributed by atoms with Gasteiger partial charge in [-0.1, -0.05) is 18.7 Å². The normalized spacial score (nSPS) is 16.6. The van der Waals surface area contributed by atoms with Crippen LogP contribution in [0, 0.1) is 3.57 Å². The predicted molar refractivity (Wildman–Crippen MR) is 123 cm³/mol. The lowest BCUT2D eigenvalue weighted by Crippen LogP contribution is -2.13. The molecule has 0 amide bonds. The summed E-state index contributed by atoms with van der Waals surface area (Å²) in [6.07, 6.45) is 7.22. The highest BCUT2D eigenvalue weighted by Gasteiger charge is 2.22. The van der Waals surface area contributed by atoms with Gasteiger partial charge in [0.2, 0.25) is 0 Å². The first-order valence-electron chi connectivity index (χ1n) is 9.32. The number of benzene rings is 1. The Balaban J connectivity index is 1.89. The van der Waals surface area contributed by atoms with Gasteiger partial charge in [-0.15, -0.1) is 0 Å². The molecule has 2 N–H and O–H groups in total. The summed E-state index contributed by atoms with van der Waals surface area (Å²) in [5.41, 5.74) is 4.55. The zero-order valence-electron chi connectivity index (χ0n) is 16.3. The summed E-state index contributed by atoms with van der Waals surface area (Å²) in [4.78, 5) is 4.51. The summed E-state index contributed by atoms with van der Waals surface area (Å²) in [5.74, 6) is 0.577. The first-order chi connectivity index (χ1) is 14.0. The zero-order valence-corrected chi connectivity index (χ0v) is 18.4. The topological polar surface area (TPSA) is 71.8 Å². The van der Waals surface area contributed by atoms with Crippen molar-refractivity contribution in [2.24, 2.45) is 0 Å². The molecule has 1 atom stereocenters. The number of aliphatic hydroxyl groups excluding tert-OH is 1. The van der Waals surface area contributed by atoms with E-state index >= 15 is 0 Å². The third-order valence-electron chi connectivity index (χ3n) is 4.83. The van der Waals surface area contributed by atoms with E-state index in [9.17, 15) is 10.2 Å². The average molecular weight is 505 g/mol. The summed E-state index contributed by atoms with van der Waals surface area (Å²) in [7, 11) is 1.54. The van der Waals surface area contributed by atoms with Crippen LogP contribution in [-0.4, -0.2) is 41.6 Å². The molecule has 6 heteroatoms. The van der Waals surface area contributed by atoms with Gasteiger partial charge in [0.05, 0.1) is 35.7 Å². The molecule has 29 heavy (non-hydrogen) atoms. The molecule has 1 unspecified atom stereocenters. The zero-order chi connectivity index (χ0) is 20.8. The molecule has 2 aromatic rings. The van der Waals surface area contributed by atoms with E-state index in [1.54, 1.807) is 6.20 Å². The van der Waals surface area contributed by atoms with E-state index < -0.39 is 0 Å². The van der Waals surface area contributed by atoms with Crippen molar-refractivity contribution in [3.8, 4) is 11.5 Å². The number of hydrogen-bond donors (Lipinski definition) is 2. The van der Waals surface area contributed by atoms with Crippen LogP contribution in [0.3, 0.4) is 0 Å². The van der Waals surface area contributed by atoms with Gasteiger partial charge < -0.3 is 19.7 Å². The maximum Gasteiger partial charge on any atom is 0.171 e. The van der Waals surface area contributed by atoms with Crippen LogP contribution in [0.25, 0.3) is 11.6 Å². The minimum absolute atomic E-state index is 0.0691. The number of nitrogens with zero attached hydrogens (tertiary/aromatic N) is 1. The van der Waals surface area contributed by atoms with Crippen LogP contribution in [0.5, 0.6) is 11.5 Å². The number of pyridine rings is 1. The van der Waals surface area contributed by atoms with Gasteiger partial charge in [-0.05, 0) is 88.1 Å². The molecule has 1 aliphatic heterocycles. The third kappa shape index (κ3) is 5.26. The van der Waals surface area contributed by atoms with Crippen LogP contribution < -0.4 is 4.74 Å². The van der Waals surface area contributed by atoms with E-state index in [0.29, 0.717) is 17.9 Å². The minimum atomic E-state index is -0.0868.